The number of fused-ring (bicyclic) bond motifs is 1. The first-order chi connectivity index (χ1) is 17.3. The van der Waals surface area contributed by atoms with Gasteiger partial charge in [0.2, 0.25) is 0 Å². The Morgan fingerprint density at radius 1 is 1.00 bits per heavy atom. The largest absolute Gasteiger partial charge is 0.346 e. The molecule has 4 N–H and O–H groups in total. The van der Waals surface area contributed by atoms with Crippen LogP contribution >= 0.6 is 23.2 Å². The summed E-state index contributed by atoms with van der Waals surface area (Å²) in [6.45, 7) is 0.279. The number of hydrogen-bond acceptors (Lipinski definition) is 6. The molecule has 36 heavy (non-hydrogen) atoms. The molecule has 3 heterocycles. The zero-order chi connectivity index (χ0) is 25.3. The van der Waals surface area contributed by atoms with E-state index in [0.717, 1.165) is 5.69 Å². The lowest BCUT2D eigenvalue weighted by atomic mass is 10.1. The fraction of sp³-hybridized carbons (Fsp3) is 0.0435. The number of hydrogen-bond donors (Lipinski definition) is 4. The molecule has 1 amide bonds. The maximum absolute atomic E-state index is 12.9. The van der Waals surface area contributed by atoms with Crippen molar-refractivity contribution < 1.29 is 13.2 Å². The Bertz CT molecular complexity index is 1670. The molecule has 0 saturated carbocycles. The highest BCUT2D eigenvalue weighted by Crippen LogP contribution is 2.31. The summed E-state index contributed by atoms with van der Waals surface area (Å²) < 4.78 is 28.1. The molecule has 0 aliphatic carbocycles. The molecule has 5 rings (SSSR count). The lowest BCUT2D eigenvalue weighted by Gasteiger charge is -2.11. The topological polar surface area (TPSA) is 146 Å². The molecule has 0 spiro atoms. The second-order valence-corrected chi connectivity index (χ2v) is 10.1. The van der Waals surface area contributed by atoms with Gasteiger partial charge in [0.15, 0.2) is 5.65 Å². The minimum Gasteiger partial charge on any atom is -0.346 e. The smallest absolute Gasteiger partial charge is 0.263 e. The van der Waals surface area contributed by atoms with Gasteiger partial charge in [-0.2, -0.15) is 10.2 Å². The van der Waals surface area contributed by atoms with Gasteiger partial charge < -0.3 is 5.32 Å². The number of rotatable bonds is 7. The molecule has 0 atom stereocenters. The average molecular weight is 542 g/mol. The van der Waals surface area contributed by atoms with Crippen molar-refractivity contribution in [2.24, 2.45) is 0 Å². The highest BCUT2D eigenvalue weighted by molar-refractivity contribution is 7.92. The summed E-state index contributed by atoms with van der Waals surface area (Å²) in [5.41, 5.74) is 3.08. The van der Waals surface area contributed by atoms with E-state index in [1.807, 2.05) is 0 Å². The van der Waals surface area contributed by atoms with Crippen LogP contribution in [0.3, 0.4) is 0 Å². The van der Waals surface area contributed by atoms with Crippen LogP contribution in [0.4, 0.5) is 5.69 Å². The summed E-state index contributed by atoms with van der Waals surface area (Å²) in [5, 5.41) is 17.0. The number of sulfonamides is 1. The molecular weight excluding hydrogens is 525 g/mol. The average Bonchev–Trinajstić information content (AvgIpc) is 3.56. The lowest BCUT2D eigenvalue weighted by Crippen LogP contribution is -2.23. The standard InChI is InChI=1S/C23H17Cl2N7O3S/c24-18-2-1-3-20(21(18)25)36(34,35)32-14-6-4-13(5-7-14)19-10-16(17-12-28-31-22(17)29-19)23(33)26-11-15-8-9-27-30-15/h1-10,12,32H,11H2,(H,26,33)(H,27,30)(H,28,29,31). The van der Waals surface area contributed by atoms with Crippen molar-refractivity contribution in [3.8, 4) is 11.3 Å². The Balaban J connectivity index is 1.40. The third-order valence-electron chi connectivity index (χ3n) is 5.30. The second kappa shape index (κ2) is 9.61. The molecule has 0 radical (unpaired) electrons. The van der Waals surface area contributed by atoms with Crippen molar-refractivity contribution in [2.45, 2.75) is 11.4 Å². The van der Waals surface area contributed by atoms with Gasteiger partial charge in [-0.05, 0) is 36.4 Å². The molecule has 0 bridgehead atoms. The monoisotopic (exact) mass is 541 g/mol. The van der Waals surface area contributed by atoms with E-state index in [9.17, 15) is 13.2 Å². The van der Waals surface area contributed by atoms with E-state index in [-0.39, 0.29) is 27.4 Å². The number of aromatic amines is 2. The zero-order valence-corrected chi connectivity index (χ0v) is 20.6. The van der Waals surface area contributed by atoms with Crippen LogP contribution in [0.2, 0.25) is 10.0 Å². The van der Waals surface area contributed by atoms with Crippen LogP contribution in [0.1, 0.15) is 16.1 Å². The van der Waals surface area contributed by atoms with Gasteiger partial charge in [0.1, 0.15) is 4.90 Å². The van der Waals surface area contributed by atoms with E-state index >= 15 is 0 Å². The molecule has 0 fully saturated rings. The Kier molecular flexibility index (Phi) is 6.35. The fourth-order valence-corrected chi connectivity index (χ4v) is 5.35. The molecule has 0 saturated heterocycles. The highest BCUT2D eigenvalue weighted by Gasteiger charge is 2.20. The van der Waals surface area contributed by atoms with Gasteiger partial charge >= 0.3 is 0 Å². The molecule has 10 nitrogen and oxygen atoms in total. The van der Waals surface area contributed by atoms with E-state index in [1.165, 1.54) is 24.4 Å². The SMILES string of the molecule is O=C(NCc1ccn[nH]1)c1cc(-c2ccc(NS(=O)(=O)c3cccc(Cl)c3Cl)cc2)nc2[nH]ncc12. The number of carbonyl (C=O) groups is 1. The summed E-state index contributed by atoms with van der Waals surface area (Å²) in [6.07, 6.45) is 3.14. The molecule has 5 aromatic rings. The number of nitrogens with zero attached hydrogens (tertiary/aromatic N) is 3. The maximum Gasteiger partial charge on any atom is 0.263 e. The Morgan fingerprint density at radius 2 is 1.81 bits per heavy atom. The first-order valence-electron chi connectivity index (χ1n) is 10.5. The normalized spacial score (nSPS) is 11.5. The van der Waals surface area contributed by atoms with E-state index in [0.29, 0.717) is 33.5 Å². The van der Waals surface area contributed by atoms with Crippen molar-refractivity contribution in [3.63, 3.8) is 0 Å². The quantitative estimate of drug-likeness (QED) is 0.240. The fourth-order valence-electron chi connectivity index (χ4n) is 3.53. The molecule has 0 unspecified atom stereocenters. The lowest BCUT2D eigenvalue weighted by molar-refractivity contribution is 0.0952. The molecule has 182 valence electrons. The summed E-state index contributed by atoms with van der Waals surface area (Å²) in [6, 6.07) is 14.4. The van der Waals surface area contributed by atoms with Gasteiger partial charge in [-0.15, -0.1) is 0 Å². The minimum atomic E-state index is -3.96. The van der Waals surface area contributed by atoms with Gasteiger partial charge in [-0.25, -0.2) is 13.4 Å². The number of carbonyl (C=O) groups excluding carboxylic acids is 1. The number of halogens is 2. The van der Waals surface area contributed by atoms with Crippen LogP contribution in [0.15, 0.2) is 71.9 Å². The van der Waals surface area contributed by atoms with Crippen LogP contribution in [0.25, 0.3) is 22.3 Å². The van der Waals surface area contributed by atoms with Crippen LogP contribution in [0.5, 0.6) is 0 Å². The molecular formula is C23H17Cl2N7O3S. The number of benzene rings is 2. The van der Waals surface area contributed by atoms with Crippen molar-refractivity contribution >= 4 is 55.9 Å². The van der Waals surface area contributed by atoms with Gasteiger partial charge in [0, 0.05) is 17.4 Å². The number of anilines is 1. The molecule has 2 aromatic carbocycles. The Hall–Kier alpha value is -3.93. The Labute approximate surface area is 215 Å². The van der Waals surface area contributed by atoms with E-state index in [4.69, 9.17) is 23.2 Å². The van der Waals surface area contributed by atoms with Gasteiger partial charge in [0.05, 0.1) is 45.1 Å². The van der Waals surface area contributed by atoms with Crippen molar-refractivity contribution in [3.05, 3.63) is 88.3 Å². The minimum absolute atomic E-state index is 0.0568. The number of H-pyrrole nitrogens is 2. The van der Waals surface area contributed by atoms with Gasteiger partial charge in [-0.3, -0.25) is 19.7 Å². The van der Waals surface area contributed by atoms with Crippen molar-refractivity contribution in [2.75, 3.05) is 4.72 Å². The van der Waals surface area contributed by atoms with E-state index < -0.39 is 10.0 Å². The third-order valence-corrected chi connectivity index (χ3v) is 7.66. The maximum atomic E-state index is 12.9. The number of nitrogens with one attached hydrogen (secondary N) is 4. The zero-order valence-electron chi connectivity index (χ0n) is 18.3. The first kappa shape index (κ1) is 23.8. The van der Waals surface area contributed by atoms with E-state index in [2.05, 4.69) is 35.4 Å². The summed E-state index contributed by atoms with van der Waals surface area (Å²) >= 11 is 12.0. The number of aromatic nitrogens is 5. The number of amides is 1. The van der Waals surface area contributed by atoms with E-state index in [1.54, 1.807) is 42.6 Å². The van der Waals surface area contributed by atoms with Crippen LogP contribution in [0, 0.1) is 0 Å². The summed E-state index contributed by atoms with van der Waals surface area (Å²) in [4.78, 5) is 17.3. The van der Waals surface area contributed by atoms with Crippen molar-refractivity contribution in [1.82, 2.24) is 30.7 Å². The van der Waals surface area contributed by atoms with Gasteiger partial charge in [0.25, 0.3) is 15.9 Å². The predicted molar refractivity (Wildman–Crippen MR) is 136 cm³/mol. The second-order valence-electron chi connectivity index (χ2n) is 7.69. The van der Waals surface area contributed by atoms with Crippen LogP contribution < -0.4 is 10.0 Å². The van der Waals surface area contributed by atoms with Crippen LogP contribution in [-0.2, 0) is 16.6 Å². The highest BCUT2D eigenvalue weighted by atomic mass is 35.5. The molecule has 3 aromatic heterocycles. The summed E-state index contributed by atoms with van der Waals surface area (Å²) in [5.74, 6) is -0.303. The molecule has 0 aliphatic heterocycles. The van der Waals surface area contributed by atoms with Crippen LogP contribution in [-0.4, -0.2) is 39.7 Å². The molecule has 0 aliphatic rings. The number of pyridine rings is 1. The summed E-state index contributed by atoms with van der Waals surface area (Å²) in [7, 11) is -3.96. The Morgan fingerprint density at radius 3 is 2.56 bits per heavy atom. The first-order valence-corrected chi connectivity index (χ1v) is 12.7. The predicted octanol–water partition coefficient (Wildman–Crippen LogP) is 4.39. The third kappa shape index (κ3) is 4.76. The molecule has 13 heteroatoms. The van der Waals surface area contributed by atoms with Crippen molar-refractivity contribution in [1.29, 1.82) is 0 Å². The van der Waals surface area contributed by atoms with Gasteiger partial charge in [-0.1, -0.05) is 41.4 Å².